The summed E-state index contributed by atoms with van der Waals surface area (Å²) in [4.78, 5) is 25.2. The molecular formula is C24H22N6O7. The van der Waals surface area contributed by atoms with Gasteiger partial charge in [-0.1, -0.05) is 0 Å². The maximum atomic E-state index is 11.4. The number of nitro groups is 2. The van der Waals surface area contributed by atoms with E-state index in [1.807, 2.05) is 0 Å². The lowest BCUT2D eigenvalue weighted by molar-refractivity contribution is -0.394. The van der Waals surface area contributed by atoms with E-state index in [0.717, 1.165) is 18.2 Å². The molecule has 0 aliphatic rings. The molecule has 1 aromatic heterocycles. The number of hydrogen-bond acceptors (Lipinski definition) is 11. The Kier molecular flexibility index (Phi) is 8.63. The normalized spacial score (nSPS) is 10.6. The number of nitrogens with zero attached hydrogens (tertiary/aromatic N) is 5. The van der Waals surface area contributed by atoms with Crippen molar-refractivity contribution in [1.29, 1.82) is 5.26 Å². The van der Waals surface area contributed by atoms with E-state index >= 15 is 0 Å². The van der Waals surface area contributed by atoms with Crippen LogP contribution in [-0.4, -0.2) is 34.8 Å². The number of aryl methyl sites for hydroxylation is 1. The van der Waals surface area contributed by atoms with Crippen LogP contribution in [0.1, 0.15) is 29.3 Å². The number of hydrogen-bond donors (Lipinski definition) is 1. The quantitative estimate of drug-likeness (QED) is 0.215. The lowest BCUT2D eigenvalue weighted by Gasteiger charge is -2.12. The van der Waals surface area contributed by atoms with Gasteiger partial charge in [0.15, 0.2) is 17.3 Å². The molecule has 0 bridgehead atoms. The summed E-state index contributed by atoms with van der Waals surface area (Å²) in [6.07, 6.45) is 1.47. The molecule has 0 aliphatic carbocycles. The monoisotopic (exact) mass is 506 g/mol. The van der Waals surface area contributed by atoms with Crippen molar-refractivity contribution in [1.82, 2.24) is 4.98 Å². The minimum atomic E-state index is -0.762. The molecule has 13 heteroatoms. The fourth-order valence-electron chi connectivity index (χ4n) is 3.31. The molecule has 0 amide bonds. The lowest BCUT2D eigenvalue weighted by Crippen LogP contribution is -2.03. The summed E-state index contributed by atoms with van der Waals surface area (Å²) in [5.74, 6) is 0.537. The number of non-ortho nitro benzene ring substituents is 1. The van der Waals surface area contributed by atoms with E-state index in [-0.39, 0.29) is 36.3 Å². The predicted molar refractivity (Wildman–Crippen MR) is 133 cm³/mol. The molecule has 1 N–H and O–H groups in total. The number of nitro benzene ring substituents is 2. The second-order valence-electron chi connectivity index (χ2n) is 7.47. The Labute approximate surface area is 211 Å². The molecular weight excluding hydrogens is 484 g/mol. The second kappa shape index (κ2) is 12.0. The van der Waals surface area contributed by atoms with Crippen LogP contribution in [0.3, 0.4) is 0 Å². The van der Waals surface area contributed by atoms with Crippen molar-refractivity contribution < 1.29 is 24.1 Å². The third kappa shape index (κ3) is 6.53. The molecule has 1 heterocycles. The molecule has 0 fully saturated rings. The van der Waals surface area contributed by atoms with Crippen molar-refractivity contribution in [3.63, 3.8) is 0 Å². The van der Waals surface area contributed by atoms with Gasteiger partial charge in [-0.2, -0.15) is 10.4 Å². The van der Waals surface area contributed by atoms with Gasteiger partial charge in [0.2, 0.25) is 5.75 Å². The molecule has 13 nitrogen and oxygen atoms in total. The first kappa shape index (κ1) is 26.5. The molecule has 0 radical (unpaired) electrons. The molecule has 0 atom stereocenters. The highest BCUT2D eigenvalue weighted by molar-refractivity contribution is 5.81. The first-order valence-corrected chi connectivity index (χ1v) is 10.8. The molecule has 37 heavy (non-hydrogen) atoms. The van der Waals surface area contributed by atoms with Crippen LogP contribution in [0, 0.1) is 38.5 Å². The molecule has 3 rings (SSSR count). The van der Waals surface area contributed by atoms with E-state index in [1.54, 1.807) is 32.0 Å². The van der Waals surface area contributed by atoms with Crippen molar-refractivity contribution in [2.75, 3.05) is 19.1 Å². The van der Waals surface area contributed by atoms with Gasteiger partial charge in [0.25, 0.3) is 5.69 Å². The van der Waals surface area contributed by atoms with E-state index in [2.05, 4.69) is 21.6 Å². The summed E-state index contributed by atoms with van der Waals surface area (Å²) in [5, 5.41) is 36.1. The van der Waals surface area contributed by atoms with Crippen LogP contribution in [0.15, 0.2) is 47.6 Å². The van der Waals surface area contributed by atoms with Crippen molar-refractivity contribution in [3.05, 3.63) is 85.1 Å². The number of nitrogens with one attached hydrogen (secondary N) is 1. The van der Waals surface area contributed by atoms with Crippen molar-refractivity contribution in [2.45, 2.75) is 20.5 Å². The minimum Gasteiger partial charge on any atom is -0.490 e. The number of methoxy groups -OCH3 is 1. The van der Waals surface area contributed by atoms with Gasteiger partial charge in [0.05, 0.1) is 35.3 Å². The van der Waals surface area contributed by atoms with E-state index < -0.39 is 21.2 Å². The Morgan fingerprint density at radius 2 is 1.86 bits per heavy atom. The van der Waals surface area contributed by atoms with Gasteiger partial charge in [-0.15, -0.1) is 0 Å². The minimum absolute atomic E-state index is 0.167. The van der Waals surface area contributed by atoms with Crippen LogP contribution in [0.2, 0.25) is 0 Å². The summed E-state index contributed by atoms with van der Waals surface area (Å²) in [6, 6.07) is 11.7. The Balaban J connectivity index is 1.87. The first-order chi connectivity index (χ1) is 17.8. The molecule has 2 aromatic carbocycles. The molecule has 0 saturated heterocycles. The van der Waals surface area contributed by atoms with Gasteiger partial charge in [-0.25, -0.2) is 4.98 Å². The van der Waals surface area contributed by atoms with Crippen LogP contribution in [0.4, 0.5) is 17.2 Å². The topological polar surface area (TPSA) is 175 Å². The number of rotatable bonds is 11. The fourth-order valence-corrected chi connectivity index (χ4v) is 3.31. The van der Waals surface area contributed by atoms with Gasteiger partial charge < -0.3 is 14.2 Å². The van der Waals surface area contributed by atoms with Crippen LogP contribution < -0.4 is 14.9 Å². The van der Waals surface area contributed by atoms with Gasteiger partial charge in [0.1, 0.15) is 11.6 Å². The van der Waals surface area contributed by atoms with E-state index in [0.29, 0.717) is 22.4 Å². The Bertz CT molecular complexity index is 1400. The number of nitriles is 1. The number of ether oxygens (including phenoxy) is 3. The average Bonchev–Trinajstić information content (AvgIpc) is 2.85. The van der Waals surface area contributed by atoms with Crippen LogP contribution in [-0.2, 0) is 11.3 Å². The van der Waals surface area contributed by atoms with E-state index in [4.69, 9.17) is 14.2 Å². The van der Waals surface area contributed by atoms with Gasteiger partial charge in [-0.05, 0) is 49.7 Å². The zero-order chi connectivity index (χ0) is 26.9. The molecule has 190 valence electrons. The van der Waals surface area contributed by atoms with Crippen LogP contribution >= 0.6 is 0 Å². The highest BCUT2D eigenvalue weighted by Gasteiger charge is 2.22. The van der Waals surface area contributed by atoms with Gasteiger partial charge in [-0.3, -0.25) is 25.7 Å². The third-order valence-corrected chi connectivity index (χ3v) is 4.86. The number of anilines is 1. The molecule has 3 aromatic rings. The molecule has 0 unspecified atom stereocenters. The zero-order valence-corrected chi connectivity index (χ0v) is 20.1. The lowest BCUT2D eigenvalue weighted by atomic mass is 10.1. The predicted octanol–water partition coefficient (Wildman–Crippen LogP) is 4.86. The standard InChI is InChI=1S/C24H22N6O7/c1-4-36-23-10-16(13-26-28-24-19(12-25)17(14-35-3)9-15(2)27-24)5-7-22(23)37-21-8-6-18(29(31)32)11-20(21)30(33)34/h5-11,13H,4,14H2,1-3H3,(H,27,28)/b26-13-. The highest BCUT2D eigenvalue weighted by atomic mass is 16.6. The average molecular weight is 506 g/mol. The van der Waals surface area contributed by atoms with Crippen LogP contribution in [0.25, 0.3) is 0 Å². The SMILES string of the molecule is CCOc1cc(/C=N\Nc2nc(C)cc(COC)c2C#N)ccc1Oc1ccc([N+](=O)[O-])cc1[N+](=O)[O-]. The molecule has 0 spiro atoms. The number of hydrazone groups is 1. The smallest absolute Gasteiger partial charge is 0.318 e. The summed E-state index contributed by atoms with van der Waals surface area (Å²) < 4.78 is 16.5. The highest BCUT2D eigenvalue weighted by Crippen LogP contribution is 2.38. The summed E-state index contributed by atoms with van der Waals surface area (Å²) in [5.41, 5.74) is 4.04. The zero-order valence-electron chi connectivity index (χ0n) is 20.1. The van der Waals surface area contributed by atoms with Crippen LogP contribution in [0.5, 0.6) is 17.2 Å². The van der Waals surface area contributed by atoms with Gasteiger partial charge >= 0.3 is 5.69 Å². The number of aromatic nitrogens is 1. The Morgan fingerprint density at radius 3 is 2.51 bits per heavy atom. The van der Waals surface area contributed by atoms with Gasteiger partial charge in [0, 0.05) is 24.4 Å². The maximum Gasteiger partial charge on any atom is 0.318 e. The summed E-state index contributed by atoms with van der Waals surface area (Å²) in [7, 11) is 1.53. The Hall–Kier alpha value is -5.09. The second-order valence-corrected chi connectivity index (χ2v) is 7.47. The van der Waals surface area contributed by atoms with E-state index in [1.165, 1.54) is 19.4 Å². The summed E-state index contributed by atoms with van der Waals surface area (Å²) >= 11 is 0. The first-order valence-electron chi connectivity index (χ1n) is 10.8. The third-order valence-electron chi connectivity index (χ3n) is 4.86. The molecule has 0 saturated carbocycles. The number of pyridine rings is 1. The summed E-state index contributed by atoms with van der Waals surface area (Å²) in [6.45, 7) is 4.07. The van der Waals surface area contributed by atoms with Crippen molar-refractivity contribution >= 4 is 23.4 Å². The van der Waals surface area contributed by atoms with Crippen molar-refractivity contribution in [2.24, 2.45) is 5.10 Å². The Morgan fingerprint density at radius 1 is 1.11 bits per heavy atom. The fraction of sp³-hybridized carbons (Fsp3) is 0.208. The van der Waals surface area contributed by atoms with Crippen molar-refractivity contribution in [3.8, 4) is 23.3 Å². The van der Waals surface area contributed by atoms with E-state index in [9.17, 15) is 25.5 Å². The maximum absolute atomic E-state index is 11.4. The number of benzene rings is 2. The molecule has 0 aliphatic heterocycles. The largest absolute Gasteiger partial charge is 0.490 e.